The maximum Gasteiger partial charge on any atom is 0.318 e. The molecule has 0 saturated heterocycles. The Morgan fingerprint density at radius 2 is 1.29 bits per heavy atom. The number of benzene rings is 3. The fraction of sp³-hybridized carbons (Fsp3) is 0.231. The van der Waals surface area contributed by atoms with Crippen LogP contribution in [0.15, 0.2) is 84.9 Å². The van der Waals surface area contributed by atoms with Crippen LogP contribution in [-0.4, -0.2) is 25.1 Å². The zero-order valence-electron chi connectivity index (χ0n) is 17.9. The third-order valence-electron chi connectivity index (χ3n) is 4.97. The van der Waals surface area contributed by atoms with Gasteiger partial charge in [0.05, 0.1) is 7.11 Å². The highest BCUT2D eigenvalue weighted by Gasteiger charge is 2.31. The number of hydrogen-bond acceptors (Lipinski definition) is 4. The zero-order valence-corrected chi connectivity index (χ0v) is 17.9. The Morgan fingerprint density at radius 1 is 0.774 bits per heavy atom. The molecule has 160 valence electrons. The molecule has 1 unspecified atom stereocenters. The van der Waals surface area contributed by atoms with Gasteiger partial charge in [0, 0.05) is 5.69 Å². The highest BCUT2D eigenvalue weighted by molar-refractivity contribution is 5.96. The minimum atomic E-state index is -0.926. The molecule has 0 aliphatic carbocycles. The first-order valence-electron chi connectivity index (χ1n) is 10.2. The molecule has 1 amide bonds. The van der Waals surface area contributed by atoms with E-state index in [2.05, 4.69) is 5.32 Å². The fourth-order valence-corrected chi connectivity index (χ4v) is 3.33. The molecule has 0 bridgehead atoms. The van der Waals surface area contributed by atoms with Gasteiger partial charge in [0.15, 0.2) is 6.10 Å². The Morgan fingerprint density at radius 3 is 1.74 bits per heavy atom. The minimum absolute atomic E-state index is 0.200. The van der Waals surface area contributed by atoms with Crippen LogP contribution >= 0.6 is 0 Å². The maximum atomic E-state index is 13.3. The van der Waals surface area contributed by atoms with Crippen molar-refractivity contribution in [3.63, 3.8) is 0 Å². The third-order valence-corrected chi connectivity index (χ3v) is 4.97. The summed E-state index contributed by atoms with van der Waals surface area (Å²) in [6, 6.07) is 25.9. The maximum absolute atomic E-state index is 13.3. The topological polar surface area (TPSA) is 64.6 Å². The van der Waals surface area contributed by atoms with Gasteiger partial charge in [-0.25, -0.2) is 0 Å². The predicted octanol–water partition coefficient (Wildman–Crippen LogP) is 5.03. The van der Waals surface area contributed by atoms with Crippen LogP contribution in [0.3, 0.4) is 0 Å². The van der Waals surface area contributed by atoms with E-state index >= 15 is 0 Å². The molecular weight excluding hydrogens is 390 g/mol. The van der Waals surface area contributed by atoms with Crippen molar-refractivity contribution < 1.29 is 19.1 Å². The SMILES string of the molecule is COc1ccc(NC(=O)C(OC(=O)C(c2ccccc2)c2ccccc2)C(C)C)cc1. The second kappa shape index (κ2) is 10.4. The van der Waals surface area contributed by atoms with E-state index < -0.39 is 18.0 Å². The van der Waals surface area contributed by atoms with Crippen molar-refractivity contribution >= 4 is 17.6 Å². The van der Waals surface area contributed by atoms with Gasteiger partial charge in [-0.1, -0.05) is 74.5 Å². The molecule has 3 rings (SSSR count). The van der Waals surface area contributed by atoms with E-state index in [0.29, 0.717) is 11.4 Å². The van der Waals surface area contributed by atoms with E-state index in [4.69, 9.17) is 9.47 Å². The number of carbonyl (C=O) groups is 2. The zero-order chi connectivity index (χ0) is 22.2. The molecule has 3 aromatic carbocycles. The first kappa shape index (κ1) is 22.1. The number of nitrogens with one attached hydrogen (secondary N) is 1. The van der Waals surface area contributed by atoms with Crippen molar-refractivity contribution in [1.29, 1.82) is 0 Å². The molecule has 5 nitrogen and oxygen atoms in total. The van der Waals surface area contributed by atoms with E-state index in [-0.39, 0.29) is 11.8 Å². The lowest BCUT2D eigenvalue weighted by molar-refractivity contribution is -0.157. The number of methoxy groups -OCH3 is 1. The Bertz CT molecular complexity index is 945. The summed E-state index contributed by atoms with van der Waals surface area (Å²) < 4.78 is 10.9. The number of ether oxygens (including phenoxy) is 2. The minimum Gasteiger partial charge on any atom is -0.497 e. The normalized spacial score (nSPS) is 11.8. The van der Waals surface area contributed by atoms with Gasteiger partial charge in [-0.15, -0.1) is 0 Å². The third kappa shape index (κ3) is 5.72. The van der Waals surface area contributed by atoms with Crippen molar-refractivity contribution in [2.24, 2.45) is 5.92 Å². The summed E-state index contributed by atoms with van der Waals surface area (Å²) in [5, 5.41) is 2.83. The van der Waals surface area contributed by atoms with Crippen molar-refractivity contribution in [2.75, 3.05) is 12.4 Å². The molecule has 0 aliphatic heterocycles. The van der Waals surface area contributed by atoms with E-state index in [9.17, 15) is 9.59 Å². The Balaban J connectivity index is 1.81. The number of rotatable bonds is 8. The first-order chi connectivity index (χ1) is 15.0. The standard InChI is InChI=1S/C26H27NO4/c1-18(2)24(25(28)27-21-14-16-22(30-3)17-15-21)31-26(29)23(19-10-6-4-7-11-19)20-12-8-5-9-13-20/h4-18,23-24H,1-3H3,(H,27,28). The summed E-state index contributed by atoms with van der Waals surface area (Å²) in [6.07, 6.45) is -0.926. The second-order valence-electron chi connectivity index (χ2n) is 7.57. The van der Waals surface area contributed by atoms with Gasteiger partial charge in [-0.05, 0) is 41.3 Å². The number of hydrogen-bond donors (Lipinski definition) is 1. The van der Waals surface area contributed by atoms with Gasteiger partial charge in [0.2, 0.25) is 0 Å². The molecule has 0 aliphatic rings. The monoisotopic (exact) mass is 417 g/mol. The largest absolute Gasteiger partial charge is 0.497 e. The molecular formula is C26H27NO4. The van der Waals surface area contributed by atoms with Gasteiger partial charge in [-0.2, -0.15) is 0 Å². The first-order valence-corrected chi connectivity index (χ1v) is 10.2. The smallest absolute Gasteiger partial charge is 0.318 e. The highest BCUT2D eigenvalue weighted by atomic mass is 16.5. The lowest BCUT2D eigenvalue weighted by Gasteiger charge is -2.24. The van der Waals surface area contributed by atoms with Gasteiger partial charge >= 0.3 is 5.97 Å². The van der Waals surface area contributed by atoms with Crippen LogP contribution in [0.5, 0.6) is 5.75 Å². The molecule has 0 heterocycles. The number of amides is 1. The Labute approximate surface area is 183 Å². The number of carbonyl (C=O) groups excluding carboxylic acids is 2. The summed E-state index contributed by atoms with van der Waals surface area (Å²) in [5.74, 6) is -0.945. The molecule has 31 heavy (non-hydrogen) atoms. The van der Waals surface area contributed by atoms with Crippen LogP contribution in [0.4, 0.5) is 5.69 Å². The Hall–Kier alpha value is -3.60. The fourth-order valence-electron chi connectivity index (χ4n) is 3.33. The van der Waals surface area contributed by atoms with Crippen LogP contribution in [0.25, 0.3) is 0 Å². The van der Waals surface area contributed by atoms with Gasteiger partial charge in [0.25, 0.3) is 5.91 Å². The van der Waals surface area contributed by atoms with E-state index in [1.807, 2.05) is 74.5 Å². The van der Waals surface area contributed by atoms with E-state index in [1.165, 1.54) is 0 Å². The summed E-state index contributed by atoms with van der Waals surface area (Å²) in [5.41, 5.74) is 2.24. The lowest BCUT2D eigenvalue weighted by Crippen LogP contribution is -2.38. The molecule has 0 saturated carbocycles. The second-order valence-corrected chi connectivity index (χ2v) is 7.57. The average molecular weight is 418 g/mol. The van der Waals surface area contributed by atoms with Gasteiger partial charge in [-0.3, -0.25) is 9.59 Å². The van der Waals surface area contributed by atoms with Crippen molar-refractivity contribution in [3.05, 3.63) is 96.1 Å². The molecule has 0 fully saturated rings. The highest BCUT2D eigenvalue weighted by Crippen LogP contribution is 2.27. The van der Waals surface area contributed by atoms with E-state index in [1.54, 1.807) is 31.4 Å². The van der Waals surface area contributed by atoms with Gasteiger partial charge < -0.3 is 14.8 Å². The molecule has 0 radical (unpaired) electrons. The van der Waals surface area contributed by atoms with Crippen molar-refractivity contribution in [1.82, 2.24) is 0 Å². The van der Waals surface area contributed by atoms with Gasteiger partial charge in [0.1, 0.15) is 11.7 Å². The van der Waals surface area contributed by atoms with E-state index in [0.717, 1.165) is 11.1 Å². The predicted molar refractivity (Wildman–Crippen MR) is 121 cm³/mol. The molecule has 0 spiro atoms. The van der Waals surface area contributed by atoms with Crippen molar-refractivity contribution in [2.45, 2.75) is 25.9 Å². The van der Waals surface area contributed by atoms with Crippen LogP contribution in [0.1, 0.15) is 30.9 Å². The molecule has 3 aromatic rings. The number of esters is 1. The molecule has 1 N–H and O–H groups in total. The number of anilines is 1. The summed E-state index contributed by atoms with van der Waals surface area (Å²) in [7, 11) is 1.58. The van der Waals surface area contributed by atoms with Crippen molar-refractivity contribution in [3.8, 4) is 5.75 Å². The molecule has 5 heteroatoms. The quantitative estimate of drug-likeness (QED) is 0.522. The molecule has 0 aromatic heterocycles. The average Bonchev–Trinajstić information content (AvgIpc) is 2.79. The van der Waals surface area contributed by atoms with Crippen LogP contribution in [-0.2, 0) is 14.3 Å². The molecule has 1 atom stereocenters. The summed E-state index contributed by atoms with van der Waals surface area (Å²) in [6.45, 7) is 3.71. The summed E-state index contributed by atoms with van der Waals surface area (Å²) in [4.78, 5) is 26.2. The van der Waals surface area contributed by atoms with Crippen LogP contribution in [0, 0.1) is 5.92 Å². The Kier molecular flexibility index (Phi) is 7.44. The summed E-state index contributed by atoms with van der Waals surface area (Å²) >= 11 is 0. The van der Waals surface area contributed by atoms with Crippen LogP contribution < -0.4 is 10.1 Å². The van der Waals surface area contributed by atoms with Crippen LogP contribution in [0.2, 0.25) is 0 Å². The lowest BCUT2D eigenvalue weighted by atomic mass is 9.91.